The Hall–Kier alpha value is -2.85. The fourth-order valence-electron chi connectivity index (χ4n) is 3.44. The van der Waals surface area contributed by atoms with Crippen molar-refractivity contribution in [2.24, 2.45) is 0 Å². The van der Waals surface area contributed by atoms with Crippen LogP contribution in [0.1, 0.15) is 16.7 Å². The molecule has 0 aliphatic heterocycles. The molecule has 0 amide bonds. The van der Waals surface area contributed by atoms with Crippen molar-refractivity contribution in [1.82, 2.24) is 4.98 Å². The molecule has 5 heteroatoms. The smallest absolute Gasteiger partial charge is 0.255 e. The molecular weight excluding hydrogens is 383 g/mol. The molecule has 0 bridgehead atoms. The molecule has 0 spiro atoms. The number of fused-ring (bicyclic) bond motifs is 1. The van der Waals surface area contributed by atoms with Gasteiger partial charge < -0.3 is 0 Å². The van der Waals surface area contributed by atoms with Crippen LogP contribution < -0.4 is 0 Å². The summed E-state index contributed by atoms with van der Waals surface area (Å²) in [7, 11) is 0. The molecule has 0 radical (unpaired) electrons. The van der Waals surface area contributed by atoms with E-state index in [9.17, 15) is 13.2 Å². The van der Waals surface area contributed by atoms with Crippen molar-refractivity contribution in [3.63, 3.8) is 0 Å². The Morgan fingerprint density at radius 1 is 0.857 bits per heavy atom. The number of halogens is 4. The van der Waals surface area contributed by atoms with Gasteiger partial charge in [-0.25, -0.2) is 0 Å². The molecule has 4 rings (SSSR count). The Morgan fingerprint density at radius 3 is 2.32 bits per heavy atom. The Bertz CT molecular complexity index is 1140. The summed E-state index contributed by atoms with van der Waals surface area (Å²) in [4.78, 5) is 4.20. The van der Waals surface area contributed by atoms with E-state index in [1.165, 1.54) is 6.07 Å². The molecule has 140 valence electrons. The van der Waals surface area contributed by atoms with E-state index < -0.39 is 11.7 Å². The summed E-state index contributed by atoms with van der Waals surface area (Å²) >= 11 is 6.09. The lowest BCUT2D eigenvalue weighted by Gasteiger charge is -2.16. The van der Waals surface area contributed by atoms with Gasteiger partial charge in [0.05, 0.1) is 11.1 Å². The van der Waals surface area contributed by atoms with Crippen LogP contribution in [-0.4, -0.2) is 4.98 Å². The van der Waals surface area contributed by atoms with Crippen LogP contribution in [0.2, 0.25) is 5.02 Å². The number of hydrogen-bond acceptors (Lipinski definition) is 1. The van der Waals surface area contributed by atoms with E-state index in [4.69, 9.17) is 11.6 Å². The average molecular weight is 398 g/mol. The number of benzene rings is 3. The van der Waals surface area contributed by atoms with Gasteiger partial charge in [-0.1, -0.05) is 66.2 Å². The molecule has 3 aromatic carbocycles. The highest BCUT2D eigenvalue weighted by atomic mass is 35.5. The predicted molar refractivity (Wildman–Crippen MR) is 106 cm³/mol. The highest BCUT2D eigenvalue weighted by Crippen LogP contribution is 2.38. The van der Waals surface area contributed by atoms with Crippen LogP contribution in [0.4, 0.5) is 13.2 Å². The maximum atomic E-state index is 13.5. The Morgan fingerprint density at radius 2 is 1.61 bits per heavy atom. The summed E-state index contributed by atoms with van der Waals surface area (Å²) in [6.07, 6.45) is -2.40. The van der Waals surface area contributed by atoms with Gasteiger partial charge >= 0.3 is 6.18 Å². The van der Waals surface area contributed by atoms with Gasteiger partial charge in [-0.2, -0.15) is 13.2 Å². The molecule has 0 unspecified atom stereocenters. The summed E-state index contributed by atoms with van der Waals surface area (Å²) in [5.74, 6) is 0. The SMILES string of the molecule is FC(F)(F)c1cccc2c(-c3ccccc3)c(Cc3cccc(Cl)c3)cnc12. The van der Waals surface area contributed by atoms with Crippen LogP contribution in [0.5, 0.6) is 0 Å². The Balaban J connectivity index is 1.98. The van der Waals surface area contributed by atoms with Gasteiger partial charge in [-0.05, 0) is 46.9 Å². The van der Waals surface area contributed by atoms with E-state index in [-0.39, 0.29) is 5.52 Å². The number of para-hydroxylation sites is 1. The zero-order valence-corrected chi connectivity index (χ0v) is 15.4. The van der Waals surface area contributed by atoms with Gasteiger partial charge in [-0.15, -0.1) is 0 Å². The first-order valence-corrected chi connectivity index (χ1v) is 9.09. The molecule has 28 heavy (non-hydrogen) atoms. The van der Waals surface area contributed by atoms with E-state index >= 15 is 0 Å². The topological polar surface area (TPSA) is 12.9 Å². The van der Waals surface area contributed by atoms with Gasteiger partial charge in [0, 0.05) is 16.6 Å². The minimum absolute atomic E-state index is 0.0382. The zero-order valence-electron chi connectivity index (χ0n) is 14.7. The molecule has 0 aliphatic rings. The number of aromatic nitrogens is 1. The lowest BCUT2D eigenvalue weighted by molar-refractivity contribution is -0.136. The predicted octanol–water partition coefficient (Wildman–Crippen LogP) is 7.16. The van der Waals surface area contributed by atoms with Crippen molar-refractivity contribution in [2.75, 3.05) is 0 Å². The first-order chi connectivity index (χ1) is 13.4. The quantitative estimate of drug-likeness (QED) is 0.357. The summed E-state index contributed by atoms with van der Waals surface area (Å²) < 4.78 is 40.5. The van der Waals surface area contributed by atoms with Crippen LogP contribution in [-0.2, 0) is 12.6 Å². The van der Waals surface area contributed by atoms with Crippen LogP contribution >= 0.6 is 11.6 Å². The van der Waals surface area contributed by atoms with Crippen LogP contribution in [0.15, 0.2) is 79.0 Å². The fraction of sp³-hybridized carbons (Fsp3) is 0.0870. The highest BCUT2D eigenvalue weighted by molar-refractivity contribution is 6.30. The molecule has 1 aromatic heterocycles. The van der Waals surface area contributed by atoms with Crippen molar-refractivity contribution in [3.8, 4) is 11.1 Å². The fourth-order valence-corrected chi connectivity index (χ4v) is 3.65. The van der Waals surface area contributed by atoms with E-state index in [2.05, 4.69) is 4.98 Å². The molecule has 1 nitrogen and oxygen atoms in total. The molecule has 0 fully saturated rings. The highest BCUT2D eigenvalue weighted by Gasteiger charge is 2.33. The normalized spacial score (nSPS) is 11.7. The summed E-state index contributed by atoms with van der Waals surface area (Å²) in [5, 5.41) is 1.10. The average Bonchev–Trinajstić information content (AvgIpc) is 2.67. The summed E-state index contributed by atoms with van der Waals surface area (Å²) in [5.41, 5.74) is 2.67. The Kier molecular flexibility index (Phi) is 4.82. The molecule has 1 heterocycles. The minimum Gasteiger partial charge on any atom is -0.255 e. The number of rotatable bonds is 3. The monoisotopic (exact) mass is 397 g/mol. The van der Waals surface area contributed by atoms with Gasteiger partial charge in [0.25, 0.3) is 0 Å². The number of pyridine rings is 1. The molecule has 0 aliphatic carbocycles. The largest absolute Gasteiger partial charge is 0.418 e. The van der Waals surface area contributed by atoms with Crippen molar-refractivity contribution in [1.29, 1.82) is 0 Å². The van der Waals surface area contributed by atoms with E-state index in [1.54, 1.807) is 18.3 Å². The number of nitrogens with zero attached hydrogens (tertiary/aromatic N) is 1. The maximum absolute atomic E-state index is 13.5. The van der Waals surface area contributed by atoms with Crippen molar-refractivity contribution in [2.45, 2.75) is 12.6 Å². The molecule has 4 aromatic rings. The molecule has 0 atom stereocenters. The van der Waals surface area contributed by atoms with Gasteiger partial charge in [-0.3, -0.25) is 4.98 Å². The molecular formula is C23H15ClF3N. The second kappa shape index (κ2) is 7.28. The third-order valence-corrected chi connectivity index (χ3v) is 4.86. The summed E-state index contributed by atoms with van der Waals surface area (Å²) in [6, 6.07) is 21.1. The Labute approximate surface area is 165 Å². The van der Waals surface area contributed by atoms with Crippen molar-refractivity contribution in [3.05, 3.63) is 101 Å². The van der Waals surface area contributed by atoms with Crippen LogP contribution in [0, 0.1) is 0 Å². The van der Waals surface area contributed by atoms with Gasteiger partial charge in [0.1, 0.15) is 0 Å². The second-order valence-electron chi connectivity index (χ2n) is 6.53. The zero-order chi connectivity index (χ0) is 19.7. The number of alkyl halides is 3. The summed E-state index contributed by atoms with van der Waals surface area (Å²) in [6.45, 7) is 0. The second-order valence-corrected chi connectivity index (χ2v) is 6.97. The molecule has 0 N–H and O–H groups in total. The number of hydrogen-bond donors (Lipinski definition) is 0. The molecule has 0 saturated heterocycles. The maximum Gasteiger partial charge on any atom is 0.418 e. The van der Waals surface area contributed by atoms with E-state index in [1.807, 2.05) is 48.5 Å². The standard InChI is InChI=1S/C23H15ClF3N/c24-18-9-4-6-15(13-18)12-17-14-28-22-19(10-5-11-20(22)23(25,26)27)21(17)16-7-2-1-3-8-16/h1-11,13-14H,12H2. The van der Waals surface area contributed by atoms with Gasteiger partial charge in [0.15, 0.2) is 0 Å². The van der Waals surface area contributed by atoms with Gasteiger partial charge in [0.2, 0.25) is 0 Å². The third kappa shape index (κ3) is 3.60. The minimum atomic E-state index is -4.46. The third-order valence-electron chi connectivity index (χ3n) is 4.63. The molecule has 0 saturated carbocycles. The first-order valence-electron chi connectivity index (χ1n) is 8.71. The van der Waals surface area contributed by atoms with Crippen LogP contribution in [0.25, 0.3) is 22.0 Å². The van der Waals surface area contributed by atoms with Crippen LogP contribution in [0.3, 0.4) is 0 Å². The van der Waals surface area contributed by atoms with Crippen molar-refractivity contribution >= 4 is 22.5 Å². The van der Waals surface area contributed by atoms with E-state index in [0.717, 1.165) is 28.3 Å². The van der Waals surface area contributed by atoms with Crippen molar-refractivity contribution < 1.29 is 13.2 Å². The lowest BCUT2D eigenvalue weighted by atomic mass is 9.92. The van der Waals surface area contributed by atoms with E-state index in [0.29, 0.717) is 16.8 Å². The lowest BCUT2D eigenvalue weighted by Crippen LogP contribution is -2.07. The first kappa shape index (κ1) is 18.5.